The summed E-state index contributed by atoms with van der Waals surface area (Å²) in [4.78, 5) is 11.0. The zero-order valence-electron chi connectivity index (χ0n) is 39.8. The molecule has 10 aromatic carbocycles. The number of nitrogens with zero attached hydrogens (tertiary/aromatic N) is 2. The number of aryl methyl sites for hydroxylation is 2. The zero-order chi connectivity index (χ0) is 45.6. The SMILES string of the molecule is CCCCCCCCc1cc(-c2ccc3ccc4cccc5ccc2c3c45)nc2ccc(-c3ccc4nc(-c5ccc6ccc7cccc8ccc5c6c78)cc(CCCCCCCC)c4c3)cc12. The molecule has 2 heterocycles. The van der Waals surface area contributed by atoms with E-state index in [9.17, 15) is 0 Å². The summed E-state index contributed by atoms with van der Waals surface area (Å²) in [6, 6.07) is 59.8. The van der Waals surface area contributed by atoms with Crippen molar-refractivity contribution in [1.29, 1.82) is 0 Å². The third kappa shape index (κ3) is 7.69. The van der Waals surface area contributed by atoms with Gasteiger partial charge in [-0.15, -0.1) is 0 Å². The van der Waals surface area contributed by atoms with Crippen LogP contribution in [-0.2, 0) is 12.8 Å². The molecule has 0 saturated carbocycles. The lowest BCUT2D eigenvalue weighted by atomic mass is 9.89. The maximum Gasteiger partial charge on any atom is 0.0718 e. The minimum Gasteiger partial charge on any atom is -0.248 e. The third-order valence-electron chi connectivity index (χ3n) is 15.3. The van der Waals surface area contributed by atoms with Gasteiger partial charge in [-0.25, -0.2) is 9.97 Å². The summed E-state index contributed by atoms with van der Waals surface area (Å²) in [5, 5.41) is 18.3. The molecule has 0 aliphatic rings. The molecule has 0 aliphatic heterocycles. The van der Waals surface area contributed by atoms with Crippen molar-refractivity contribution < 1.29 is 0 Å². The summed E-state index contributed by atoms with van der Waals surface area (Å²) in [6.45, 7) is 4.60. The molecular formula is C66H60N2. The minimum absolute atomic E-state index is 1.04. The number of hydrogen-bond donors (Lipinski definition) is 0. The Balaban J connectivity index is 0.953. The van der Waals surface area contributed by atoms with Crippen molar-refractivity contribution in [3.63, 3.8) is 0 Å². The smallest absolute Gasteiger partial charge is 0.0718 e. The molecule has 0 saturated heterocycles. The Morgan fingerprint density at radius 1 is 0.309 bits per heavy atom. The largest absolute Gasteiger partial charge is 0.248 e. The Kier molecular flexibility index (Phi) is 11.4. The van der Waals surface area contributed by atoms with Gasteiger partial charge in [0.25, 0.3) is 0 Å². The molecule has 12 aromatic rings. The fourth-order valence-corrected chi connectivity index (χ4v) is 11.7. The molecular weight excluding hydrogens is 821 g/mol. The Bertz CT molecular complexity index is 3500. The second-order valence-corrected chi connectivity index (χ2v) is 19.8. The standard InChI is InChI=1S/C66H60N2/c1-3-5-7-9-11-13-17-51-41-61(53-33-27-47-25-23-43-19-15-21-45-29-35-55(53)65(47)63(43)45)67-59-37-31-49(39-57(51)59)50-32-38-60-58(40-50)52(18-14-12-10-8-6-4-2)42-62(68-60)54-34-28-48-26-24-44-20-16-22-46-30-36-56(54)66(48)64(44)46/h15-16,19-42H,3-14,17-18H2,1-2H3. The molecule has 0 spiro atoms. The van der Waals surface area contributed by atoms with Crippen LogP contribution in [0.4, 0.5) is 0 Å². The second kappa shape index (κ2) is 18.3. The highest BCUT2D eigenvalue weighted by molar-refractivity contribution is 6.26. The van der Waals surface area contributed by atoms with Gasteiger partial charge in [-0.1, -0.05) is 199 Å². The molecule has 334 valence electrons. The van der Waals surface area contributed by atoms with Crippen molar-refractivity contribution in [2.75, 3.05) is 0 Å². The predicted octanol–water partition coefficient (Wildman–Crippen LogP) is 19.4. The molecule has 0 radical (unpaired) electrons. The molecule has 68 heavy (non-hydrogen) atoms. The van der Waals surface area contributed by atoms with Gasteiger partial charge in [0.2, 0.25) is 0 Å². The fourth-order valence-electron chi connectivity index (χ4n) is 11.7. The van der Waals surface area contributed by atoms with Gasteiger partial charge < -0.3 is 0 Å². The number of unbranched alkanes of at least 4 members (excludes halogenated alkanes) is 10. The van der Waals surface area contributed by atoms with Crippen molar-refractivity contribution in [2.24, 2.45) is 0 Å². The van der Waals surface area contributed by atoms with Gasteiger partial charge in [0.1, 0.15) is 0 Å². The first kappa shape index (κ1) is 42.5. The Morgan fingerprint density at radius 3 is 1.10 bits per heavy atom. The van der Waals surface area contributed by atoms with Gasteiger partial charge in [0.05, 0.1) is 22.4 Å². The van der Waals surface area contributed by atoms with E-state index >= 15 is 0 Å². The van der Waals surface area contributed by atoms with Crippen LogP contribution >= 0.6 is 0 Å². The van der Waals surface area contributed by atoms with Gasteiger partial charge in [-0.05, 0) is 149 Å². The topological polar surface area (TPSA) is 25.8 Å². The van der Waals surface area contributed by atoms with Gasteiger partial charge >= 0.3 is 0 Å². The minimum atomic E-state index is 1.04. The molecule has 2 heteroatoms. The van der Waals surface area contributed by atoms with Crippen LogP contribution in [0, 0.1) is 0 Å². The van der Waals surface area contributed by atoms with E-state index in [1.165, 1.54) is 186 Å². The number of rotatable bonds is 17. The monoisotopic (exact) mass is 880 g/mol. The van der Waals surface area contributed by atoms with Crippen LogP contribution in [0.25, 0.3) is 120 Å². The van der Waals surface area contributed by atoms with E-state index in [-0.39, 0.29) is 0 Å². The van der Waals surface area contributed by atoms with Crippen molar-refractivity contribution in [3.8, 4) is 33.6 Å². The van der Waals surface area contributed by atoms with Gasteiger partial charge in [-0.3, -0.25) is 0 Å². The van der Waals surface area contributed by atoms with Crippen LogP contribution in [0.2, 0.25) is 0 Å². The molecule has 0 aliphatic carbocycles. The number of aromatic nitrogens is 2. The van der Waals surface area contributed by atoms with E-state index in [4.69, 9.17) is 9.97 Å². The highest BCUT2D eigenvalue weighted by Gasteiger charge is 2.18. The van der Waals surface area contributed by atoms with E-state index in [0.29, 0.717) is 0 Å². The summed E-state index contributed by atoms with van der Waals surface area (Å²) in [5.74, 6) is 0. The summed E-state index contributed by atoms with van der Waals surface area (Å²) < 4.78 is 0. The number of hydrogen-bond acceptors (Lipinski definition) is 2. The molecule has 0 unspecified atom stereocenters. The summed E-state index contributed by atoms with van der Waals surface area (Å²) in [6.07, 6.45) is 17.4. The number of pyridine rings is 2. The first-order chi connectivity index (χ1) is 33.6. The van der Waals surface area contributed by atoms with Crippen molar-refractivity contribution >= 4 is 86.4 Å². The zero-order valence-corrected chi connectivity index (χ0v) is 39.8. The average Bonchev–Trinajstić information content (AvgIpc) is 3.38. The summed E-state index contributed by atoms with van der Waals surface area (Å²) in [5.41, 5.74) is 12.0. The molecule has 2 aromatic heterocycles. The van der Waals surface area contributed by atoms with E-state index in [1.54, 1.807) is 0 Å². The van der Waals surface area contributed by atoms with Crippen molar-refractivity contribution in [1.82, 2.24) is 9.97 Å². The highest BCUT2D eigenvalue weighted by Crippen LogP contribution is 2.42. The Morgan fingerprint density at radius 2 is 0.676 bits per heavy atom. The Labute approximate surface area is 400 Å². The summed E-state index contributed by atoms with van der Waals surface area (Å²) >= 11 is 0. The molecule has 0 atom stereocenters. The molecule has 0 fully saturated rings. The van der Waals surface area contributed by atoms with Gasteiger partial charge in [0.15, 0.2) is 0 Å². The van der Waals surface area contributed by atoms with E-state index < -0.39 is 0 Å². The maximum absolute atomic E-state index is 5.49. The fraction of sp³-hybridized carbons (Fsp3) is 0.242. The number of benzene rings is 10. The van der Waals surface area contributed by atoms with Gasteiger partial charge in [-0.2, -0.15) is 0 Å². The molecule has 0 amide bonds. The number of fused-ring (bicyclic) bond motifs is 2. The molecule has 0 bridgehead atoms. The van der Waals surface area contributed by atoms with Crippen LogP contribution in [0.15, 0.2) is 158 Å². The molecule has 2 nitrogen and oxygen atoms in total. The van der Waals surface area contributed by atoms with Gasteiger partial charge in [0, 0.05) is 21.9 Å². The van der Waals surface area contributed by atoms with E-state index in [1.807, 2.05) is 0 Å². The highest BCUT2D eigenvalue weighted by atomic mass is 14.7. The van der Waals surface area contributed by atoms with Crippen LogP contribution in [0.1, 0.15) is 102 Å². The average molecular weight is 881 g/mol. The molecule has 0 N–H and O–H groups in total. The lowest BCUT2D eigenvalue weighted by Crippen LogP contribution is -1.97. The lowest BCUT2D eigenvalue weighted by Gasteiger charge is -2.17. The quantitative estimate of drug-likeness (QED) is 0.0673. The third-order valence-corrected chi connectivity index (χ3v) is 15.3. The van der Waals surface area contributed by atoms with Crippen LogP contribution in [-0.4, -0.2) is 9.97 Å². The summed E-state index contributed by atoms with van der Waals surface area (Å²) in [7, 11) is 0. The lowest BCUT2D eigenvalue weighted by molar-refractivity contribution is 0.608. The first-order valence-electron chi connectivity index (χ1n) is 25.8. The van der Waals surface area contributed by atoms with Crippen molar-refractivity contribution in [3.05, 3.63) is 169 Å². The van der Waals surface area contributed by atoms with Crippen LogP contribution in [0.3, 0.4) is 0 Å². The van der Waals surface area contributed by atoms with E-state index in [2.05, 4.69) is 172 Å². The normalized spacial score (nSPS) is 12.2. The predicted molar refractivity (Wildman–Crippen MR) is 295 cm³/mol. The van der Waals surface area contributed by atoms with Crippen molar-refractivity contribution in [2.45, 2.75) is 104 Å². The first-order valence-corrected chi connectivity index (χ1v) is 25.8. The van der Waals surface area contributed by atoms with Crippen LogP contribution in [0.5, 0.6) is 0 Å². The maximum atomic E-state index is 5.49. The second-order valence-electron chi connectivity index (χ2n) is 19.8. The Hall–Kier alpha value is -6.90. The van der Waals surface area contributed by atoms with Crippen LogP contribution < -0.4 is 0 Å². The van der Waals surface area contributed by atoms with E-state index in [0.717, 1.165) is 35.3 Å². The molecule has 12 rings (SSSR count).